The van der Waals surface area contributed by atoms with Crippen molar-refractivity contribution in [2.45, 2.75) is 13.5 Å². The Labute approximate surface area is 88.3 Å². The minimum Gasteiger partial charge on any atom is -0.358 e. The number of rotatable bonds is 2. The van der Waals surface area contributed by atoms with E-state index in [1.165, 1.54) is 16.6 Å². The SMILES string of the molecule is CNCc1c(C)[nH]c2ccc(Cl)cc12. The molecule has 0 bridgehead atoms. The molecule has 1 heterocycles. The number of hydrogen-bond donors (Lipinski definition) is 2. The highest BCUT2D eigenvalue weighted by Crippen LogP contribution is 2.24. The van der Waals surface area contributed by atoms with Gasteiger partial charge in [0.25, 0.3) is 0 Å². The highest BCUT2D eigenvalue weighted by Gasteiger charge is 2.07. The van der Waals surface area contributed by atoms with Crippen LogP contribution < -0.4 is 5.32 Å². The van der Waals surface area contributed by atoms with Gasteiger partial charge in [-0.15, -0.1) is 0 Å². The Bertz CT molecular complexity index is 460. The molecule has 14 heavy (non-hydrogen) atoms. The molecule has 74 valence electrons. The predicted octanol–water partition coefficient (Wildman–Crippen LogP) is 2.85. The number of fused-ring (bicyclic) bond motifs is 1. The third-order valence-electron chi connectivity index (χ3n) is 2.44. The van der Waals surface area contributed by atoms with Crippen molar-refractivity contribution < 1.29 is 0 Å². The molecule has 2 aromatic rings. The zero-order valence-corrected chi connectivity index (χ0v) is 9.07. The highest BCUT2D eigenvalue weighted by atomic mass is 35.5. The van der Waals surface area contributed by atoms with Gasteiger partial charge < -0.3 is 10.3 Å². The van der Waals surface area contributed by atoms with Crippen LogP contribution in [0, 0.1) is 6.92 Å². The van der Waals surface area contributed by atoms with Crippen molar-refractivity contribution in [3.63, 3.8) is 0 Å². The van der Waals surface area contributed by atoms with E-state index in [9.17, 15) is 0 Å². The van der Waals surface area contributed by atoms with Crippen LogP contribution >= 0.6 is 11.6 Å². The molecule has 2 rings (SSSR count). The van der Waals surface area contributed by atoms with E-state index in [0.717, 1.165) is 17.1 Å². The van der Waals surface area contributed by atoms with Crippen LogP contribution in [0.1, 0.15) is 11.3 Å². The van der Waals surface area contributed by atoms with E-state index < -0.39 is 0 Å². The van der Waals surface area contributed by atoms with Crippen molar-refractivity contribution >= 4 is 22.5 Å². The van der Waals surface area contributed by atoms with Crippen LogP contribution in [0.3, 0.4) is 0 Å². The summed E-state index contributed by atoms with van der Waals surface area (Å²) < 4.78 is 0. The minimum atomic E-state index is 0.786. The topological polar surface area (TPSA) is 27.8 Å². The maximum Gasteiger partial charge on any atom is 0.0460 e. The fraction of sp³-hybridized carbons (Fsp3) is 0.273. The fourth-order valence-electron chi connectivity index (χ4n) is 1.76. The molecule has 0 aliphatic carbocycles. The zero-order chi connectivity index (χ0) is 10.1. The van der Waals surface area contributed by atoms with Gasteiger partial charge in [-0.3, -0.25) is 0 Å². The molecule has 0 aliphatic heterocycles. The van der Waals surface area contributed by atoms with E-state index in [1.807, 2.05) is 25.2 Å². The molecule has 0 atom stereocenters. The zero-order valence-electron chi connectivity index (χ0n) is 8.32. The van der Waals surface area contributed by atoms with Gasteiger partial charge in [-0.05, 0) is 37.7 Å². The van der Waals surface area contributed by atoms with Crippen molar-refractivity contribution in [2.24, 2.45) is 0 Å². The Morgan fingerprint density at radius 1 is 1.43 bits per heavy atom. The van der Waals surface area contributed by atoms with Gasteiger partial charge in [-0.25, -0.2) is 0 Å². The van der Waals surface area contributed by atoms with E-state index in [-0.39, 0.29) is 0 Å². The molecule has 0 aliphatic rings. The number of aromatic amines is 1. The van der Waals surface area contributed by atoms with Crippen LogP contribution in [0.4, 0.5) is 0 Å². The molecule has 0 saturated carbocycles. The fourth-order valence-corrected chi connectivity index (χ4v) is 1.93. The summed E-state index contributed by atoms with van der Waals surface area (Å²) in [6.45, 7) is 2.95. The van der Waals surface area contributed by atoms with Gasteiger partial charge in [0.15, 0.2) is 0 Å². The largest absolute Gasteiger partial charge is 0.358 e. The Balaban J connectivity index is 2.66. The summed E-state index contributed by atoms with van der Waals surface area (Å²) in [4.78, 5) is 3.34. The van der Waals surface area contributed by atoms with Crippen molar-refractivity contribution in [1.29, 1.82) is 0 Å². The maximum absolute atomic E-state index is 5.97. The third kappa shape index (κ3) is 1.51. The van der Waals surface area contributed by atoms with Gasteiger partial charge in [0, 0.05) is 28.2 Å². The molecular weight excluding hydrogens is 196 g/mol. The minimum absolute atomic E-state index is 0.786. The maximum atomic E-state index is 5.97. The Morgan fingerprint density at radius 2 is 2.21 bits per heavy atom. The number of H-pyrrole nitrogens is 1. The van der Waals surface area contributed by atoms with Crippen molar-refractivity contribution in [3.05, 3.63) is 34.5 Å². The lowest BCUT2D eigenvalue weighted by molar-refractivity contribution is 0.817. The summed E-state index contributed by atoms with van der Waals surface area (Å²) in [5.41, 5.74) is 3.65. The molecule has 0 amide bonds. The first-order chi connectivity index (χ1) is 6.72. The van der Waals surface area contributed by atoms with E-state index >= 15 is 0 Å². The second-order valence-corrected chi connectivity index (χ2v) is 3.89. The van der Waals surface area contributed by atoms with Gasteiger partial charge in [0.2, 0.25) is 0 Å². The van der Waals surface area contributed by atoms with Gasteiger partial charge in [0.05, 0.1) is 0 Å². The summed E-state index contributed by atoms with van der Waals surface area (Å²) in [7, 11) is 1.95. The molecule has 0 radical (unpaired) electrons. The lowest BCUT2D eigenvalue weighted by atomic mass is 10.1. The van der Waals surface area contributed by atoms with Gasteiger partial charge in [0.1, 0.15) is 0 Å². The third-order valence-corrected chi connectivity index (χ3v) is 2.67. The van der Waals surface area contributed by atoms with Crippen molar-refractivity contribution in [2.75, 3.05) is 7.05 Å². The summed E-state index contributed by atoms with van der Waals surface area (Å²) in [6.07, 6.45) is 0. The van der Waals surface area contributed by atoms with Gasteiger partial charge in [-0.2, -0.15) is 0 Å². The summed E-state index contributed by atoms with van der Waals surface area (Å²) >= 11 is 5.97. The Hall–Kier alpha value is -0.990. The normalized spacial score (nSPS) is 11.1. The summed E-state index contributed by atoms with van der Waals surface area (Å²) in [5.74, 6) is 0. The number of hydrogen-bond acceptors (Lipinski definition) is 1. The monoisotopic (exact) mass is 208 g/mol. The number of aromatic nitrogens is 1. The second-order valence-electron chi connectivity index (χ2n) is 3.45. The molecule has 0 saturated heterocycles. The molecule has 0 fully saturated rings. The number of benzene rings is 1. The van der Waals surface area contributed by atoms with E-state index in [2.05, 4.69) is 17.2 Å². The summed E-state index contributed by atoms with van der Waals surface area (Å²) in [6, 6.07) is 5.93. The lowest BCUT2D eigenvalue weighted by Gasteiger charge is -1.99. The van der Waals surface area contributed by atoms with E-state index in [0.29, 0.717) is 0 Å². The lowest BCUT2D eigenvalue weighted by Crippen LogP contribution is -2.05. The van der Waals surface area contributed by atoms with Crippen molar-refractivity contribution in [3.8, 4) is 0 Å². The number of halogens is 1. The molecule has 2 N–H and O–H groups in total. The van der Waals surface area contributed by atoms with Crippen LogP contribution in [0.15, 0.2) is 18.2 Å². The van der Waals surface area contributed by atoms with E-state index in [4.69, 9.17) is 11.6 Å². The molecule has 1 aromatic heterocycles. The van der Waals surface area contributed by atoms with Gasteiger partial charge in [-0.1, -0.05) is 11.6 Å². The first-order valence-electron chi connectivity index (χ1n) is 4.63. The molecule has 0 spiro atoms. The Kier molecular flexibility index (Phi) is 2.48. The predicted molar refractivity (Wildman–Crippen MR) is 60.8 cm³/mol. The first-order valence-corrected chi connectivity index (χ1v) is 5.01. The van der Waals surface area contributed by atoms with Crippen LogP contribution in [0.2, 0.25) is 5.02 Å². The average Bonchev–Trinajstić information content (AvgIpc) is 2.45. The summed E-state index contributed by atoms with van der Waals surface area (Å²) in [5, 5.41) is 5.16. The van der Waals surface area contributed by atoms with Crippen molar-refractivity contribution in [1.82, 2.24) is 10.3 Å². The molecule has 2 nitrogen and oxygen atoms in total. The molecular formula is C11H13ClN2. The molecule has 1 aromatic carbocycles. The van der Waals surface area contributed by atoms with E-state index in [1.54, 1.807) is 0 Å². The molecule has 0 unspecified atom stereocenters. The number of aryl methyl sites for hydroxylation is 1. The standard InChI is InChI=1S/C11H13ClN2/c1-7-10(6-13-2)9-5-8(12)3-4-11(9)14-7/h3-5,13-14H,6H2,1-2H3. The second kappa shape index (κ2) is 3.64. The smallest absolute Gasteiger partial charge is 0.0460 e. The number of nitrogens with one attached hydrogen (secondary N) is 2. The van der Waals surface area contributed by atoms with Gasteiger partial charge >= 0.3 is 0 Å². The molecule has 3 heteroatoms. The van der Waals surface area contributed by atoms with Crippen LogP contribution in [0.5, 0.6) is 0 Å². The quantitative estimate of drug-likeness (QED) is 0.781. The van der Waals surface area contributed by atoms with Crippen LogP contribution in [-0.2, 0) is 6.54 Å². The Morgan fingerprint density at radius 3 is 2.93 bits per heavy atom. The first kappa shape index (κ1) is 9.56. The van der Waals surface area contributed by atoms with Crippen LogP contribution in [-0.4, -0.2) is 12.0 Å². The highest BCUT2D eigenvalue weighted by molar-refractivity contribution is 6.31. The van der Waals surface area contributed by atoms with Crippen LogP contribution in [0.25, 0.3) is 10.9 Å². The average molecular weight is 209 g/mol.